The Labute approximate surface area is 86.9 Å². The van der Waals surface area contributed by atoms with E-state index in [0.29, 0.717) is 16.4 Å². The number of hydrogen-bond acceptors (Lipinski definition) is 4. The molecule has 0 spiro atoms. The first kappa shape index (κ1) is 10.7. The van der Waals surface area contributed by atoms with Gasteiger partial charge in [-0.1, -0.05) is 0 Å². The highest BCUT2D eigenvalue weighted by Crippen LogP contribution is 2.32. The summed E-state index contributed by atoms with van der Waals surface area (Å²) >= 11 is 4.03. The third-order valence-electron chi connectivity index (χ3n) is 1.73. The topological polar surface area (TPSA) is 55.8 Å². The van der Waals surface area contributed by atoms with Crippen molar-refractivity contribution in [3.63, 3.8) is 0 Å². The summed E-state index contributed by atoms with van der Waals surface area (Å²) in [4.78, 5) is 11.1. The van der Waals surface area contributed by atoms with Crippen molar-refractivity contribution in [1.29, 1.82) is 0 Å². The summed E-state index contributed by atoms with van der Waals surface area (Å²) in [5.41, 5.74) is 0.0889. The summed E-state index contributed by atoms with van der Waals surface area (Å²) in [7, 11) is 2.92. The van der Waals surface area contributed by atoms with E-state index >= 15 is 0 Å². The highest BCUT2D eigenvalue weighted by atomic mass is 32.1. The number of thiol groups is 1. The fourth-order valence-electron chi connectivity index (χ4n) is 1.04. The molecule has 1 aromatic carbocycles. The molecule has 5 heteroatoms. The van der Waals surface area contributed by atoms with E-state index in [2.05, 4.69) is 12.6 Å². The first-order valence-corrected chi connectivity index (χ1v) is 4.23. The molecule has 76 valence electrons. The number of carboxylic acid groups (broad SMARTS) is 1. The van der Waals surface area contributed by atoms with Crippen molar-refractivity contribution in [1.82, 2.24) is 0 Å². The van der Waals surface area contributed by atoms with Crippen molar-refractivity contribution in [2.75, 3.05) is 14.2 Å². The minimum absolute atomic E-state index is 0.0889. The van der Waals surface area contributed by atoms with E-state index in [1.54, 1.807) is 0 Å². The van der Waals surface area contributed by atoms with E-state index in [9.17, 15) is 4.79 Å². The minimum Gasteiger partial charge on any atom is -0.493 e. The molecule has 0 saturated carbocycles. The first-order chi connectivity index (χ1) is 6.60. The molecule has 0 atom stereocenters. The van der Waals surface area contributed by atoms with Gasteiger partial charge in [0.2, 0.25) is 0 Å². The Morgan fingerprint density at radius 3 is 2.21 bits per heavy atom. The number of benzene rings is 1. The number of hydrogen-bond donors (Lipinski definition) is 2. The standard InChI is InChI=1S/C9H10O4S/c1-12-6-3-5(9(10)11)8(14)4-7(6)13-2/h3-4,14H,1-2H3,(H,10,11). The second kappa shape index (κ2) is 4.23. The molecule has 0 bridgehead atoms. The highest BCUT2D eigenvalue weighted by Gasteiger charge is 2.13. The van der Waals surface area contributed by atoms with Gasteiger partial charge in [-0.15, -0.1) is 12.6 Å². The zero-order valence-electron chi connectivity index (χ0n) is 7.77. The smallest absolute Gasteiger partial charge is 0.336 e. The summed E-state index contributed by atoms with van der Waals surface area (Å²) in [5, 5.41) is 8.80. The third kappa shape index (κ3) is 1.93. The molecule has 0 heterocycles. The molecule has 0 fully saturated rings. The van der Waals surface area contributed by atoms with Gasteiger partial charge in [0.25, 0.3) is 0 Å². The van der Waals surface area contributed by atoms with Crippen molar-refractivity contribution in [3.05, 3.63) is 17.7 Å². The molecule has 0 aromatic heterocycles. The molecular weight excluding hydrogens is 204 g/mol. The molecule has 0 radical (unpaired) electrons. The van der Waals surface area contributed by atoms with Gasteiger partial charge in [-0.3, -0.25) is 0 Å². The number of methoxy groups -OCH3 is 2. The Hall–Kier alpha value is -1.36. The van der Waals surface area contributed by atoms with E-state index in [1.165, 1.54) is 26.4 Å². The lowest BCUT2D eigenvalue weighted by Crippen LogP contribution is -2.00. The number of aromatic carboxylic acids is 1. The van der Waals surface area contributed by atoms with Gasteiger partial charge in [0.1, 0.15) is 0 Å². The average Bonchev–Trinajstić information content (AvgIpc) is 2.16. The number of ether oxygens (including phenoxy) is 2. The SMILES string of the molecule is COc1cc(S)c(C(=O)O)cc1OC. The van der Waals surface area contributed by atoms with Crippen LogP contribution in [0, 0.1) is 0 Å². The van der Waals surface area contributed by atoms with Crippen LogP contribution in [0.25, 0.3) is 0 Å². The zero-order chi connectivity index (χ0) is 10.7. The quantitative estimate of drug-likeness (QED) is 0.752. The Kier molecular flexibility index (Phi) is 3.24. The van der Waals surface area contributed by atoms with Crippen LogP contribution in [0.3, 0.4) is 0 Å². The molecule has 14 heavy (non-hydrogen) atoms. The zero-order valence-corrected chi connectivity index (χ0v) is 8.67. The van der Waals surface area contributed by atoms with Gasteiger partial charge in [-0.25, -0.2) is 4.79 Å². The lowest BCUT2D eigenvalue weighted by Gasteiger charge is -2.09. The van der Waals surface area contributed by atoms with E-state index in [-0.39, 0.29) is 5.56 Å². The molecule has 0 saturated heterocycles. The number of carbonyl (C=O) groups is 1. The van der Waals surface area contributed by atoms with Crippen molar-refractivity contribution in [2.24, 2.45) is 0 Å². The molecule has 1 N–H and O–H groups in total. The van der Waals surface area contributed by atoms with Crippen LogP contribution in [0.2, 0.25) is 0 Å². The predicted molar refractivity (Wildman–Crippen MR) is 53.8 cm³/mol. The molecule has 0 amide bonds. The maximum absolute atomic E-state index is 10.7. The van der Waals surface area contributed by atoms with Gasteiger partial charge in [0.15, 0.2) is 11.5 Å². The van der Waals surface area contributed by atoms with Crippen molar-refractivity contribution in [3.8, 4) is 11.5 Å². The molecule has 4 nitrogen and oxygen atoms in total. The number of rotatable bonds is 3. The molecule has 0 aliphatic rings. The van der Waals surface area contributed by atoms with Gasteiger partial charge in [-0.05, 0) is 12.1 Å². The Morgan fingerprint density at radius 2 is 1.79 bits per heavy atom. The minimum atomic E-state index is -1.05. The summed E-state index contributed by atoms with van der Waals surface area (Å²) in [6, 6.07) is 2.88. The van der Waals surface area contributed by atoms with E-state index < -0.39 is 5.97 Å². The fraction of sp³-hybridized carbons (Fsp3) is 0.222. The van der Waals surface area contributed by atoms with Crippen LogP contribution in [0.5, 0.6) is 11.5 Å². The maximum Gasteiger partial charge on any atom is 0.336 e. The van der Waals surface area contributed by atoms with Gasteiger partial charge >= 0.3 is 5.97 Å². The third-order valence-corrected chi connectivity index (χ3v) is 2.10. The molecule has 1 aromatic rings. The van der Waals surface area contributed by atoms with E-state index in [1.807, 2.05) is 0 Å². The van der Waals surface area contributed by atoms with Crippen LogP contribution in [-0.4, -0.2) is 25.3 Å². The first-order valence-electron chi connectivity index (χ1n) is 3.78. The van der Waals surface area contributed by atoms with E-state index in [0.717, 1.165) is 0 Å². The van der Waals surface area contributed by atoms with Crippen LogP contribution in [0.15, 0.2) is 17.0 Å². The lowest BCUT2D eigenvalue weighted by molar-refractivity contribution is 0.0692. The van der Waals surface area contributed by atoms with E-state index in [4.69, 9.17) is 14.6 Å². The van der Waals surface area contributed by atoms with Gasteiger partial charge in [0.05, 0.1) is 19.8 Å². The average molecular weight is 214 g/mol. The summed E-state index contributed by atoms with van der Waals surface area (Å²) in [5.74, 6) is -0.207. The van der Waals surface area contributed by atoms with Gasteiger partial charge < -0.3 is 14.6 Å². The summed E-state index contributed by atoms with van der Waals surface area (Å²) < 4.78 is 9.94. The molecule has 0 unspecified atom stereocenters. The van der Waals surface area contributed by atoms with Crippen LogP contribution in [-0.2, 0) is 0 Å². The second-order valence-corrected chi connectivity index (χ2v) is 3.01. The van der Waals surface area contributed by atoms with Crippen LogP contribution in [0.4, 0.5) is 0 Å². The Balaban J connectivity index is 3.30. The summed E-state index contributed by atoms with van der Waals surface area (Å²) in [6.07, 6.45) is 0. The fourth-order valence-corrected chi connectivity index (χ4v) is 1.32. The lowest BCUT2D eigenvalue weighted by atomic mass is 10.2. The normalized spacial score (nSPS) is 9.64. The van der Waals surface area contributed by atoms with Gasteiger partial charge in [-0.2, -0.15) is 0 Å². The molecule has 0 aliphatic carbocycles. The second-order valence-electron chi connectivity index (χ2n) is 2.53. The Bertz CT molecular complexity index is 362. The highest BCUT2D eigenvalue weighted by molar-refractivity contribution is 7.80. The maximum atomic E-state index is 10.7. The number of carboxylic acids is 1. The van der Waals surface area contributed by atoms with Crippen LogP contribution in [0.1, 0.15) is 10.4 Å². The molecule has 0 aliphatic heterocycles. The van der Waals surface area contributed by atoms with Crippen molar-refractivity contribution in [2.45, 2.75) is 4.90 Å². The molecular formula is C9H10O4S. The largest absolute Gasteiger partial charge is 0.493 e. The predicted octanol–water partition coefficient (Wildman–Crippen LogP) is 1.69. The van der Waals surface area contributed by atoms with Crippen LogP contribution >= 0.6 is 12.6 Å². The van der Waals surface area contributed by atoms with Crippen LogP contribution < -0.4 is 9.47 Å². The summed E-state index contributed by atoms with van der Waals surface area (Å²) in [6.45, 7) is 0. The molecule has 1 rings (SSSR count). The van der Waals surface area contributed by atoms with Crippen molar-refractivity contribution < 1.29 is 19.4 Å². The van der Waals surface area contributed by atoms with Gasteiger partial charge in [0, 0.05) is 4.90 Å². The monoisotopic (exact) mass is 214 g/mol. The van der Waals surface area contributed by atoms with Crippen molar-refractivity contribution >= 4 is 18.6 Å². The Morgan fingerprint density at radius 1 is 1.29 bits per heavy atom.